The SMILES string of the molecule is COc1cccc(NC(=O)c2ccccc2NC(=O)c2cccc(NC(C)=O)c2)c1. The van der Waals surface area contributed by atoms with Crippen molar-refractivity contribution in [1.29, 1.82) is 0 Å². The van der Waals surface area contributed by atoms with Gasteiger partial charge < -0.3 is 20.7 Å². The van der Waals surface area contributed by atoms with Gasteiger partial charge in [-0.25, -0.2) is 0 Å². The van der Waals surface area contributed by atoms with Gasteiger partial charge in [-0.3, -0.25) is 14.4 Å². The Morgan fingerprint density at radius 1 is 0.733 bits per heavy atom. The van der Waals surface area contributed by atoms with Crippen LogP contribution in [0.5, 0.6) is 5.75 Å². The van der Waals surface area contributed by atoms with Crippen LogP contribution < -0.4 is 20.7 Å². The predicted molar refractivity (Wildman–Crippen MR) is 116 cm³/mol. The van der Waals surface area contributed by atoms with E-state index in [1.54, 1.807) is 79.9 Å². The molecule has 3 N–H and O–H groups in total. The highest BCUT2D eigenvalue weighted by molar-refractivity contribution is 6.12. The minimum absolute atomic E-state index is 0.230. The summed E-state index contributed by atoms with van der Waals surface area (Å²) in [5.74, 6) is -0.379. The lowest BCUT2D eigenvalue weighted by molar-refractivity contribution is -0.114. The number of ether oxygens (including phenoxy) is 1. The second kappa shape index (κ2) is 9.38. The fourth-order valence-corrected chi connectivity index (χ4v) is 2.83. The number of para-hydroxylation sites is 1. The van der Waals surface area contributed by atoms with Crippen LogP contribution in [0.25, 0.3) is 0 Å². The Morgan fingerprint density at radius 3 is 2.17 bits per heavy atom. The lowest BCUT2D eigenvalue weighted by Crippen LogP contribution is -2.18. The molecule has 3 amide bonds. The van der Waals surface area contributed by atoms with E-state index >= 15 is 0 Å². The van der Waals surface area contributed by atoms with Gasteiger partial charge in [-0.1, -0.05) is 24.3 Å². The molecule has 0 heterocycles. The Morgan fingerprint density at radius 2 is 1.43 bits per heavy atom. The molecular formula is C23H21N3O4. The van der Waals surface area contributed by atoms with Gasteiger partial charge in [0.2, 0.25) is 5.91 Å². The lowest BCUT2D eigenvalue weighted by atomic mass is 10.1. The molecule has 0 aromatic heterocycles. The molecule has 30 heavy (non-hydrogen) atoms. The summed E-state index contributed by atoms with van der Waals surface area (Å²) in [5.41, 5.74) is 2.12. The van der Waals surface area contributed by atoms with E-state index in [4.69, 9.17) is 4.74 Å². The normalized spacial score (nSPS) is 10.1. The third-order valence-electron chi connectivity index (χ3n) is 4.19. The molecular weight excluding hydrogens is 382 g/mol. The Bertz CT molecular complexity index is 1100. The number of nitrogens with one attached hydrogen (secondary N) is 3. The molecule has 152 valence electrons. The van der Waals surface area contributed by atoms with Crippen molar-refractivity contribution in [3.8, 4) is 5.75 Å². The van der Waals surface area contributed by atoms with Crippen LogP contribution in [0.2, 0.25) is 0 Å². The van der Waals surface area contributed by atoms with E-state index in [0.717, 1.165) is 0 Å². The van der Waals surface area contributed by atoms with E-state index < -0.39 is 5.91 Å². The molecule has 7 heteroatoms. The Balaban J connectivity index is 1.78. The van der Waals surface area contributed by atoms with Gasteiger partial charge in [0.05, 0.1) is 18.4 Å². The third kappa shape index (κ3) is 5.23. The van der Waals surface area contributed by atoms with E-state index in [-0.39, 0.29) is 11.8 Å². The molecule has 3 rings (SSSR count). The van der Waals surface area contributed by atoms with Crippen LogP contribution in [0.3, 0.4) is 0 Å². The van der Waals surface area contributed by atoms with E-state index in [2.05, 4.69) is 16.0 Å². The summed E-state index contributed by atoms with van der Waals surface area (Å²) >= 11 is 0. The number of hydrogen-bond acceptors (Lipinski definition) is 4. The highest BCUT2D eigenvalue weighted by Gasteiger charge is 2.15. The van der Waals surface area contributed by atoms with Crippen molar-refractivity contribution in [2.45, 2.75) is 6.92 Å². The van der Waals surface area contributed by atoms with Crippen molar-refractivity contribution in [3.05, 3.63) is 83.9 Å². The molecule has 0 aliphatic rings. The fourth-order valence-electron chi connectivity index (χ4n) is 2.83. The maximum Gasteiger partial charge on any atom is 0.257 e. The number of carbonyl (C=O) groups is 3. The van der Waals surface area contributed by atoms with Crippen LogP contribution in [-0.2, 0) is 4.79 Å². The zero-order chi connectivity index (χ0) is 21.5. The van der Waals surface area contributed by atoms with E-state index in [0.29, 0.717) is 33.9 Å². The summed E-state index contributed by atoms with van der Waals surface area (Å²) < 4.78 is 5.17. The molecule has 0 radical (unpaired) electrons. The lowest BCUT2D eigenvalue weighted by Gasteiger charge is -2.12. The van der Waals surface area contributed by atoms with E-state index in [9.17, 15) is 14.4 Å². The topological polar surface area (TPSA) is 96.5 Å². The van der Waals surface area contributed by atoms with Crippen molar-refractivity contribution in [2.24, 2.45) is 0 Å². The van der Waals surface area contributed by atoms with Crippen molar-refractivity contribution in [1.82, 2.24) is 0 Å². The first kappa shape index (κ1) is 20.6. The summed E-state index contributed by atoms with van der Waals surface area (Å²) in [6.45, 7) is 1.39. The largest absolute Gasteiger partial charge is 0.497 e. The minimum Gasteiger partial charge on any atom is -0.497 e. The van der Waals surface area contributed by atoms with Gasteiger partial charge in [-0.05, 0) is 42.5 Å². The van der Waals surface area contributed by atoms with E-state index in [1.165, 1.54) is 6.92 Å². The Hall–Kier alpha value is -4.13. The van der Waals surface area contributed by atoms with Crippen LogP contribution in [-0.4, -0.2) is 24.8 Å². The molecule has 0 atom stereocenters. The maximum atomic E-state index is 12.8. The highest BCUT2D eigenvalue weighted by atomic mass is 16.5. The summed E-state index contributed by atoms with van der Waals surface area (Å²) in [5, 5.41) is 8.20. The van der Waals surface area contributed by atoms with Crippen LogP contribution in [0.1, 0.15) is 27.6 Å². The molecule has 0 saturated carbocycles. The number of hydrogen-bond donors (Lipinski definition) is 3. The quantitative estimate of drug-likeness (QED) is 0.576. The fraction of sp³-hybridized carbons (Fsp3) is 0.0870. The number of amides is 3. The van der Waals surface area contributed by atoms with E-state index in [1.807, 2.05) is 0 Å². The predicted octanol–water partition coefficient (Wildman–Crippen LogP) is 4.16. The molecule has 3 aromatic rings. The van der Waals surface area contributed by atoms with Gasteiger partial charge >= 0.3 is 0 Å². The summed E-state index contributed by atoms with van der Waals surface area (Å²) in [7, 11) is 1.55. The van der Waals surface area contributed by atoms with Gasteiger partial charge in [0.15, 0.2) is 0 Å². The van der Waals surface area contributed by atoms with Crippen LogP contribution in [0.4, 0.5) is 17.1 Å². The summed E-state index contributed by atoms with van der Waals surface area (Å²) in [6.07, 6.45) is 0. The van der Waals surface area contributed by atoms with Gasteiger partial charge in [0, 0.05) is 29.9 Å². The Labute approximate surface area is 174 Å². The minimum atomic E-state index is -0.399. The van der Waals surface area contributed by atoms with Gasteiger partial charge in [0.25, 0.3) is 11.8 Å². The van der Waals surface area contributed by atoms with Crippen LogP contribution in [0, 0.1) is 0 Å². The molecule has 0 saturated heterocycles. The van der Waals surface area contributed by atoms with Crippen molar-refractivity contribution in [3.63, 3.8) is 0 Å². The smallest absolute Gasteiger partial charge is 0.257 e. The van der Waals surface area contributed by atoms with Gasteiger partial charge in [-0.15, -0.1) is 0 Å². The van der Waals surface area contributed by atoms with Crippen LogP contribution in [0.15, 0.2) is 72.8 Å². The van der Waals surface area contributed by atoms with Crippen molar-refractivity contribution >= 4 is 34.8 Å². The maximum absolute atomic E-state index is 12.8. The molecule has 0 bridgehead atoms. The standard InChI is InChI=1S/C23H21N3O4/c1-15(27)24-17-8-5-7-16(13-17)22(28)26-21-12-4-3-11-20(21)23(29)25-18-9-6-10-19(14-18)30-2/h3-14H,1-2H3,(H,24,27)(H,25,29)(H,26,28). The molecule has 0 unspecified atom stereocenters. The third-order valence-corrected chi connectivity index (χ3v) is 4.19. The zero-order valence-electron chi connectivity index (χ0n) is 16.6. The monoisotopic (exact) mass is 403 g/mol. The molecule has 0 fully saturated rings. The number of rotatable bonds is 6. The second-order valence-corrected chi connectivity index (χ2v) is 6.45. The van der Waals surface area contributed by atoms with Crippen molar-refractivity contribution < 1.29 is 19.1 Å². The summed E-state index contributed by atoms with van der Waals surface area (Å²) in [4.78, 5) is 36.7. The first-order valence-corrected chi connectivity index (χ1v) is 9.19. The first-order valence-electron chi connectivity index (χ1n) is 9.19. The Kier molecular flexibility index (Phi) is 6.44. The number of benzene rings is 3. The summed E-state index contributed by atoms with van der Waals surface area (Å²) in [6, 6.07) is 20.3. The molecule has 0 spiro atoms. The molecule has 7 nitrogen and oxygen atoms in total. The van der Waals surface area contributed by atoms with Crippen LogP contribution >= 0.6 is 0 Å². The molecule has 0 aliphatic heterocycles. The number of methoxy groups -OCH3 is 1. The highest BCUT2D eigenvalue weighted by Crippen LogP contribution is 2.21. The molecule has 3 aromatic carbocycles. The van der Waals surface area contributed by atoms with Crippen molar-refractivity contribution in [2.75, 3.05) is 23.1 Å². The zero-order valence-corrected chi connectivity index (χ0v) is 16.6. The average molecular weight is 403 g/mol. The number of carbonyl (C=O) groups excluding carboxylic acids is 3. The number of anilines is 3. The second-order valence-electron chi connectivity index (χ2n) is 6.45. The first-order chi connectivity index (χ1) is 14.5. The van der Waals surface area contributed by atoms with Gasteiger partial charge in [0.1, 0.15) is 5.75 Å². The molecule has 0 aliphatic carbocycles. The average Bonchev–Trinajstić information content (AvgIpc) is 2.74. The van der Waals surface area contributed by atoms with Gasteiger partial charge in [-0.2, -0.15) is 0 Å².